The van der Waals surface area contributed by atoms with Gasteiger partial charge in [-0.2, -0.15) is 0 Å². The van der Waals surface area contributed by atoms with Crippen molar-refractivity contribution in [2.75, 3.05) is 27.7 Å². The van der Waals surface area contributed by atoms with Crippen LogP contribution >= 0.6 is 0 Å². The largest absolute Gasteiger partial charge is 0.481 e. The highest BCUT2D eigenvalue weighted by atomic mass is 16.4. The SMILES string of the molecule is CCCCC(CC(CCc1ccc(CN(C)C)cc1)C(=O)N1NCCC[C@H]1C(=O)NC)C(=O)O. The number of hydrogen-bond acceptors (Lipinski definition) is 5. The van der Waals surface area contributed by atoms with E-state index in [4.69, 9.17) is 0 Å². The van der Waals surface area contributed by atoms with Gasteiger partial charge >= 0.3 is 5.97 Å². The molecule has 8 nitrogen and oxygen atoms in total. The fourth-order valence-electron chi connectivity index (χ4n) is 4.57. The molecule has 1 saturated heterocycles. The second-order valence-electron chi connectivity index (χ2n) is 9.59. The van der Waals surface area contributed by atoms with E-state index in [0.29, 0.717) is 32.2 Å². The lowest BCUT2D eigenvalue weighted by Gasteiger charge is -2.37. The van der Waals surface area contributed by atoms with Gasteiger partial charge in [0.15, 0.2) is 0 Å². The van der Waals surface area contributed by atoms with Crippen LogP contribution in [-0.2, 0) is 27.3 Å². The summed E-state index contributed by atoms with van der Waals surface area (Å²) < 4.78 is 0. The number of nitrogens with one attached hydrogen (secondary N) is 2. The molecule has 0 spiro atoms. The molecule has 190 valence electrons. The first-order chi connectivity index (χ1) is 16.3. The number of nitrogens with zero attached hydrogens (tertiary/aromatic N) is 2. The molecule has 8 heteroatoms. The van der Waals surface area contributed by atoms with Gasteiger partial charge in [-0.05, 0) is 63.7 Å². The van der Waals surface area contributed by atoms with E-state index in [-0.39, 0.29) is 18.2 Å². The van der Waals surface area contributed by atoms with Crippen LogP contribution in [-0.4, -0.2) is 66.5 Å². The quantitative estimate of drug-likeness (QED) is 0.406. The molecule has 34 heavy (non-hydrogen) atoms. The van der Waals surface area contributed by atoms with Crippen molar-refractivity contribution >= 4 is 17.8 Å². The number of carbonyl (C=O) groups is 3. The lowest BCUT2D eigenvalue weighted by Crippen LogP contribution is -2.59. The van der Waals surface area contributed by atoms with Crippen LogP contribution < -0.4 is 10.7 Å². The zero-order chi connectivity index (χ0) is 25.1. The Labute approximate surface area is 204 Å². The minimum atomic E-state index is -0.853. The number of aryl methyl sites for hydroxylation is 1. The van der Waals surface area contributed by atoms with Crippen molar-refractivity contribution < 1.29 is 19.5 Å². The number of carboxylic acids is 1. The van der Waals surface area contributed by atoms with E-state index >= 15 is 0 Å². The Bertz CT molecular complexity index is 796. The highest BCUT2D eigenvalue weighted by Gasteiger charge is 2.37. The normalized spacial score (nSPS) is 17.9. The summed E-state index contributed by atoms with van der Waals surface area (Å²) in [6.45, 7) is 3.52. The minimum absolute atomic E-state index is 0.180. The molecule has 0 radical (unpaired) electrons. The summed E-state index contributed by atoms with van der Waals surface area (Å²) in [6, 6.07) is 7.79. The van der Waals surface area contributed by atoms with Crippen molar-refractivity contribution in [3.8, 4) is 0 Å². The first-order valence-corrected chi connectivity index (χ1v) is 12.5. The van der Waals surface area contributed by atoms with E-state index in [1.807, 2.05) is 21.0 Å². The van der Waals surface area contributed by atoms with E-state index in [2.05, 4.69) is 39.9 Å². The predicted molar refractivity (Wildman–Crippen MR) is 133 cm³/mol. The van der Waals surface area contributed by atoms with Crippen LogP contribution in [0, 0.1) is 11.8 Å². The Morgan fingerprint density at radius 1 is 1.15 bits per heavy atom. The maximum absolute atomic E-state index is 13.6. The van der Waals surface area contributed by atoms with Crippen LogP contribution in [0.25, 0.3) is 0 Å². The van der Waals surface area contributed by atoms with E-state index in [1.54, 1.807) is 7.05 Å². The van der Waals surface area contributed by atoms with Crippen LogP contribution in [0.1, 0.15) is 63.0 Å². The molecule has 1 fully saturated rings. The van der Waals surface area contributed by atoms with Gasteiger partial charge in [-0.3, -0.25) is 19.4 Å². The minimum Gasteiger partial charge on any atom is -0.481 e. The fraction of sp³-hybridized carbons (Fsp3) is 0.654. The average Bonchev–Trinajstić information content (AvgIpc) is 2.83. The van der Waals surface area contributed by atoms with Crippen molar-refractivity contribution in [2.45, 2.75) is 70.9 Å². The third kappa shape index (κ3) is 8.40. The van der Waals surface area contributed by atoms with Crippen molar-refractivity contribution in [3.63, 3.8) is 0 Å². The standard InChI is InChI=1S/C26H42N4O4/c1-5-6-8-22(26(33)34)17-21(15-14-19-10-12-20(13-11-19)18-29(3)4)25(32)30-23(24(31)27-2)9-7-16-28-30/h10-13,21-23,28H,5-9,14-18H2,1-4H3,(H,27,31)(H,33,34)/t21?,22?,23-/m0/s1. The summed E-state index contributed by atoms with van der Waals surface area (Å²) in [4.78, 5) is 40.1. The molecule has 0 bridgehead atoms. The molecule has 3 N–H and O–H groups in total. The smallest absolute Gasteiger partial charge is 0.306 e. The second kappa shape index (κ2) is 14.1. The van der Waals surface area contributed by atoms with Gasteiger partial charge in [0.1, 0.15) is 6.04 Å². The fourth-order valence-corrected chi connectivity index (χ4v) is 4.57. The first-order valence-electron chi connectivity index (χ1n) is 12.5. The Balaban J connectivity index is 2.19. The van der Waals surface area contributed by atoms with Gasteiger partial charge < -0.3 is 15.3 Å². The molecule has 1 aromatic rings. The van der Waals surface area contributed by atoms with Crippen LogP contribution in [0.4, 0.5) is 0 Å². The number of unbranched alkanes of at least 4 members (excludes halogenated alkanes) is 1. The zero-order valence-corrected chi connectivity index (χ0v) is 21.2. The summed E-state index contributed by atoms with van der Waals surface area (Å²) in [7, 11) is 5.63. The molecule has 1 heterocycles. The predicted octanol–water partition coefficient (Wildman–Crippen LogP) is 2.82. The number of hydrogen-bond donors (Lipinski definition) is 3. The molecule has 2 rings (SSSR count). The van der Waals surface area contributed by atoms with Crippen molar-refractivity contribution in [2.24, 2.45) is 11.8 Å². The van der Waals surface area contributed by atoms with E-state index in [1.165, 1.54) is 10.6 Å². The number of hydrazine groups is 1. The van der Waals surface area contributed by atoms with Crippen LogP contribution in [0.5, 0.6) is 0 Å². The average molecular weight is 475 g/mol. The number of likely N-dealkylation sites (N-methyl/N-ethyl adjacent to an activating group) is 1. The summed E-state index contributed by atoms with van der Waals surface area (Å²) >= 11 is 0. The van der Waals surface area contributed by atoms with Gasteiger partial charge in [0.05, 0.1) is 5.92 Å². The molecule has 1 aliphatic heterocycles. The second-order valence-corrected chi connectivity index (χ2v) is 9.59. The molecule has 2 unspecified atom stereocenters. The topological polar surface area (TPSA) is 102 Å². The number of carboxylic acid groups (broad SMARTS) is 1. The first kappa shape index (κ1) is 27.8. The molecule has 3 atom stereocenters. The molecular formula is C26H42N4O4. The van der Waals surface area contributed by atoms with Crippen LogP contribution in [0.3, 0.4) is 0 Å². The lowest BCUT2D eigenvalue weighted by molar-refractivity contribution is -0.151. The lowest BCUT2D eigenvalue weighted by atomic mass is 9.86. The Kier molecular flexibility index (Phi) is 11.5. The number of benzene rings is 1. The third-order valence-corrected chi connectivity index (χ3v) is 6.51. The molecule has 2 amide bonds. The Hall–Kier alpha value is -2.45. The number of aliphatic carboxylic acids is 1. The summed E-state index contributed by atoms with van der Waals surface area (Å²) in [5, 5.41) is 13.9. The highest BCUT2D eigenvalue weighted by molar-refractivity contribution is 5.88. The van der Waals surface area contributed by atoms with Crippen LogP contribution in [0.2, 0.25) is 0 Å². The molecule has 1 aromatic carbocycles. The van der Waals surface area contributed by atoms with Gasteiger partial charge in [-0.1, -0.05) is 44.0 Å². The maximum atomic E-state index is 13.6. The zero-order valence-electron chi connectivity index (χ0n) is 21.2. The van der Waals surface area contributed by atoms with Crippen molar-refractivity contribution in [1.82, 2.24) is 20.7 Å². The number of amides is 2. The van der Waals surface area contributed by atoms with E-state index in [0.717, 1.165) is 31.4 Å². The summed E-state index contributed by atoms with van der Waals surface area (Å²) in [5.41, 5.74) is 5.45. The maximum Gasteiger partial charge on any atom is 0.306 e. The molecule has 0 aliphatic carbocycles. The van der Waals surface area contributed by atoms with E-state index < -0.39 is 23.8 Å². The number of carbonyl (C=O) groups excluding carboxylic acids is 2. The summed E-state index contributed by atoms with van der Waals surface area (Å²) in [6.07, 6.45) is 5.18. The van der Waals surface area contributed by atoms with Gasteiger partial charge in [0.2, 0.25) is 11.8 Å². The molecule has 0 saturated carbocycles. The highest BCUT2D eigenvalue weighted by Crippen LogP contribution is 2.26. The van der Waals surface area contributed by atoms with Gasteiger partial charge in [-0.25, -0.2) is 5.43 Å². The van der Waals surface area contributed by atoms with Crippen molar-refractivity contribution in [1.29, 1.82) is 0 Å². The number of rotatable bonds is 13. The van der Waals surface area contributed by atoms with E-state index in [9.17, 15) is 19.5 Å². The summed E-state index contributed by atoms with van der Waals surface area (Å²) in [5.74, 6) is -2.28. The van der Waals surface area contributed by atoms with Gasteiger partial charge in [0.25, 0.3) is 0 Å². The van der Waals surface area contributed by atoms with Gasteiger partial charge in [0, 0.05) is 26.1 Å². The Morgan fingerprint density at radius 3 is 2.41 bits per heavy atom. The van der Waals surface area contributed by atoms with Gasteiger partial charge in [-0.15, -0.1) is 0 Å². The third-order valence-electron chi connectivity index (χ3n) is 6.51. The molecular weight excluding hydrogens is 432 g/mol. The monoisotopic (exact) mass is 474 g/mol. The molecule has 1 aliphatic rings. The molecule has 0 aromatic heterocycles. The Morgan fingerprint density at radius 2 is 1.82 bits per heavy atom. The van der Waals surface area contributed by atoms with Crippen molar-refractivity contribution in [3.05, 3.63) is 35.4 Å². The van der Waals surface area contributed by atoms with Crippen LogP contribution in [0.15, 0.2) is 24.3 Å².